The van der Waals surface area contributed by atoms with Gasteiger partial charge in [-0.25, -0.2) is 8.42 Å². The fraction of sp³-hybridized carbons (Fsp3) is 0.333. The monoisotopic (exact) mass is 440 g/mol. The van der Waals surface area contributed by atoms with Gasteiger partial charge < -0.3 is 4.55 Å². The van der Waals surface area contributed by atoms with Crippen LogP contribution in [0.3, 0.4) is 0 Å². The van der Waals surface area contributed by atoms with Crippen LogP contribution in [0.2, 0.25) is 0 Å². The minimum Gasteiger partial charge on any atom is -0.741 e. The highest BCUT2D eigenvalue weighted by Gasteiger charge is 2.37. The Bertz CT molecular complexity index is 883. The molecule has 1 atom stereocenters. The second-order valence-electron chi connectivity index (χ2n) is 5.78. The van der Waals surface area contributed by atoms with Gasteiger partial charge >= 0.3 is 5.51 Å². The van der Waals surface area contributed by atoms with Crippen LogP contribution < -0.4 is 0 Å². The Morgan fingerprint density at radius 2 is 1.48 bits per heavy atom. The SMILES string of the molecule is Cc1cc([S+](CCl)c2ccccc2)c(C)c(C)c1C.O=S(=O)([O-])C(F)(F)F. The van der Waals surface area contributed by atoms with E-state index in [-0.39, 0.29) is 10.9 Å². The van der Waals surface area contributed by atoms with Gasteiger partial charge in [0.05, 0.1) is 10.9 Å². The summed E-state index contributed by atoms with van der Waals surface area (Å²) >= 11 is 6.27. The molecule has 3 nitrogen and oxygen atoms in total. The molecule has 2 aromatic rings. The third-order valence-electron chi connectivity index (χ3n) is 4.12. The van der Waals surface area contributed by atoms with E-state index in [1.807, 2.05) is 0 Å². The van der Waals surface area contributed by atoms with E-state index in [2.05, 4.69) is 64.1 Å². The summed E-state index contributed by atoms with van der Waals surface area (Å²) in [7, 11) is -6.12. The molecule has 0 radical (unpaired) electrons. The maximum Gasteiger partial charge on any atom is 0.485 e. The zero-order valence-electron chi connectivity index (χ0n) is 15.2. The smallest absolute Gasteiger partial charge is 0.485 e. The molecule has 0 aliphatic heterocycles. The van der Waals surface area contributed by atoms with Crippen molar-refractivity contribution in [2.75, 3.05) is 5.21 Å². The van der Waals surface area contributed by atoms with Gasteiger partial charge in [0, 0.05) is 5.56 Å². The molecule has 0 N–H and O–H groups in total. The number of alkyl halides is 4. The molecule has 0 aliphatic rings. The van der Waals surface area contributed by atoms with Crippen molar-refractivity contribution < 1.29 is 26.1 Å². The summed E-state index contributed by atoms with van der Waals surface area (Å²) < 4.78 is 58.9. The molecule has 0 saturated heterocycles. The number of rotatable bonds is 3. The minimum absolute atomic E-state index is 0.0332. The van der Waals surface area contributed by atoms with Crippen LogP contribution in [0.15, 0.2) is 46.2 Å². The van der Waals surface area contributed by atoms with Crippen LogP contribution in [0.4, 0.5) is 13.2 Å². The fourth-order valence-electron chi connectivity index (χ4n) is 2.26. The first-order chi connectivity index (χ1) is 12.3. The Morgan fingerprint density at radius 1 is 1.00 bits per heavy atom. The van der Waals surface area contributed by atoms with E-state index >= 15 is 0 Å². The first-order valence-corrected chi connectivity index (χ1v) is 11.1. The van der Waals surface area contributed by atoms with E-state index in [0.29, 0.717) is 5.21 Å². The molecule has 0 aliphatic carbocycles. The van der Waals surface area contributed by atoms with Gasteiger partial charge in [0.15, 0.2) is 25.1 Å². The van der Waals surface area contributed by atoms with Crippen LogP contribution in [0, 0.1) is 27.7 Å². The van der Waals surface area contributed by atoms with E-state index in [0.717, 1.165) is 0 Å². The summed E-state index contributed by atoms with van der Waals surface area (Å²) in [5, 5.41) is 0.646. The van der Waals surface area contributed by atoms with Crippen LogP contribution in [0.1, 0.15) is 22.3 Å². The lowest BCUT2D eigenvalue weighted by Gasteiger charge is -2.13. The third kappa shape index (κ3) is 6.14. The van der Waals surface area contributed by atoms with Crippen LogP contribution in [0.5, 0.6) is 0 Å². The van der Waals surface area contributed by atoms with Gasteiger partial charge in [0.25, 0.3) is 0 Å². The molecule has 1 unspecified atom stereocenters. The summed E-state index contributed by atoms with van der Waals surface area (Å²) in [6, 6.07) is 12.9. The Labute approximate surface area is 165 Å². The van der Waals surface area contributed by atoms with Crippen molar-refractivity contribution in [3.8, 4) is 0 Å². The Morgan fingerprint density at radius 3 is 1.89 bits per heavy atom. The summed E-state index contributed by atoms with van der Waals surface area (Å²) in [6.07, 6.45) is 0. The highest BCUT2D eigenvalue weighted by Crippen LogP contribution is 2.31. The molecular formula is C18H20ClF3O3S2. The van der Waals surface area contributed by atoms with Gasteiger partial charge in [-0.15, -0.1) is 0 Å². The highest BCUT2D eigenvalue weighted by atomic mass is 35.5. The molecule has 0 spiro atoms. The number of hydrogen-bond acceptors (Lipinski definition) is 3. The first-order valence-electron chi connectivity index (χ1n) is 7.72. The highest BCUT2D eigenvalue weighted by molar-refractivity contribution is 7.98. The van der Waals surface area contributed by atoms with Crippen molar-refractivity contribution in [2.45, 2.75) is 43.0 Å². The minimum atomic E-state index is -6.09. The van der Waals surface area contributed by atoms with Crippen LogP contribution in [-0.2, 0) is 21.0 Å². The molecule has 0 fully saturated rings. The molecule has 9 heteroatoms. The molecule has 0 heterocycles. The second kappa shape index (κ2) is 9.32. The van der Waals surface area contributed by atoms with Crippen molar-refractivity contribution in [1.29, 1.82) is 0 Å². The topological polar surface area (TPSA) is 57.2 Å². The molecule has 0 aromatic heterocycles. The fourth-order valence-corrected chi connectivity index (χ4v) is 4.82. The maximum atomic E-state index is 10.7. The lowest BCUT2D eigenvalue weighted by atomic mass is 10.00. The number of halogens is 4. The van der Waals surface area contributed by atoms with Gasteiger partial charge in [-0.3, -0.25) is 0 Å². The largest absolute Gasteiger partial charge is 0.741 e. The Hall–Kier alpha value is -1.22. The standard InChI is InChI=1S/C17H20ClS.CHF3O3S/c1-12-10-17(15(4)14(3)13(12)2)19(11-18)16-8-6-5-7-9-16;2-1(3,4)8(5,6)7/h5-10H,11H2,1-4H3;(H,5,6,7)/q+1;/p-1. The number of benzene rings is 2. The average Bonchev–Trinajstić information content (AvgIpc) is 2.58. The van der Waals surface area contributed by atoms with Crippen LogP contribution in [-0.4, -0.2) is 23.7 Å². The molecular weight excluding hydrogens is 421 g/mol. The first kappa shape index (κ1) is 23.8. The molecule has 27 heavy (non-hydrogen) atoms. The summed E-state index contributed by atoms with van der Waals surface area (Å²) in [6.45, 7) is 8.81. The number of aryl methyl sites for hydroxylation is 1. The quantitative estimate of drug-likeness (QED) is 0.285. The molecule has 0 bridgehead atoms. The van der Waals surface area contributed by atoms with E-state index in [4.69, 9.17) is 24.6 Å². The van der Waals surface area contributed by atoms with Gasteiger partial charge in [-0.2, -0.15) is 13.2 Å². The van der Waals surface area contributed by atoms with Gasteiger partial charge in [0.1, 0.15) is 0 Å². The summed E-state index contributed by atoms with van der Waals surface area (Å²) in [4.78, 5) is 2.71. The normalized spacial score (nSPS) is 12.9. The predicted octanol–water partition coefficient (Wildman–Crippen LogP) is 5.20. The molecule has 2 aromatic carbocycles. The van der Waals surface area contributed by atoms with E-state index in [1.54, 1.807) is 0 Å². The second-order valence-corrected chi connectivity index (χ2v) is 9.72. The predicted molar refractivity (Wildman–Crippen MR) is 102 cm³/mol. The van der Waals surface area contributed by atoms with Gasteiger partial charge in [0.2, 0.25) is 0 Å². The lowest BCUT2D eigenvalue weighted by Crippen LogP contribution is -2.21. The van der Waals surface area contributed by atoms with Crippen LogP contribution >= 0.6 is 11.6 Å². The molecule has 0 amide bonds. The zero-order valence-corrected chi connectivity index (χ0v) is 17.6. The average molecular weight is 441 g/mol. The van der Waals surface area contributed by atoms with Crippen molar-refractivity contribution >= 4 is 32.6 Å². The Balaban J connectivity index is 0.000000387. The maximum absolute atomic E-state index is 10.7. The summed E-state index contributed by atoms with van der Waals surface area (Å²) in [5.41, 5.74) is -0.110. The van der Waals surface area contributed by atoms with Gasteiger partial charge in [-0.1, -0.05) is 29.8 Å². The number of hydrogen-bond donors (Lipinski definition) is 0. The van der Waals surface area contributed by atoms with E-state index < -0.39 is 15.6 Å². The molecule has 2 rings (SSSR count). The van der Waals surface area contributed by atoms with E-state index in [9.17, 15) is 13.2 Å². The lowest BCUT2D eigenvalue weighted by molar-refractivity contribution is -0.0517. The summed E-state index contributed by atoms with van der Waals surface area (Å²) in [5.74, 6) is 0. The molecule has 150 valence electrons. The van der Waals surface area contributed by atoms with Crippen molar-refractivity contribution in [3.05, 3.63) is 58.7 Å². The van der Waals surface area contributed by atoms with Gasteiger partial charge in [-0.05, 0) is 62.6 Å². The third-order valence-corrected chi connectivity index (χ3v) is 7.36. The van der Waals surface area contributed by atoms with Crippen molar-refractivity contribution in [2.24, 2.45) is 0 Å². The van der Waals surface area contributed by atoms with E-state index in [1.165, 1.54) is 32.0 Å². The van der Waals surface area contributed by atoms with Crippen LogP contribution in [0.25, 0.3) is 0 Å². The van der Waals surface area contributed by atoms with Crippen molar-refractivity contribution in [3.63, 3.8) is 0 Å². The zero-order chi connectivity index (χ0) is 21.0. The Kier molecular flexibility index (Phi) is 8.22. The molecule has 0 saturated carbocycles. The van der Waals surface area contributed by atoms with Crippen molar-refractivity contribution in [1.82, 2.24) is 0 Å².